The Morgan fingerprint density at radius 3 is 2.72 bits per heavy atom. The van der Waals surface area contributed by atoms with Gasteiger partial charge in [-0.25, -0.2) is 0 Å². The monoisotopic (exact) mass is 238 g/mol. The van der Waals surface area contributed by atoms with Crippen LogP contribution in [0.1, 0.15) is 5.56 Å². The molecule has 0 unspecified atom stereocenters. The molecule has 1 N–H and O–H groups in total. The van der Waals surface area contributed by atoms with Gasteiger partial charge in [0.1, 0.15) is 11.4 Å². The molecule has 3 nitrogen and oxygen atoms in total. The number of nitrogens with zero attached hydrogens (tertiary/aromatic N) is 2. The second-order valence-corrected chi connectivity index (χ2v) is 4.54. The van der Waals surface area contributed by atoms with E-state index in [1.807, 2.05) is 29.9 Å². The van der Waals surface area contributed by atoms with Crippen molar-refractivity contribution in [1.82, 2.24) is 9.78 Å². The number of aryl methyl sites for hydroxylation is 2. The van der Waals surface area contributed by atoms with E-state index in [4.69, 9.17) is 0 Å². The quantitative estimate of drug-likeness (QED) is 0.706. The number of rotatable bonds is 1. The molecular weight excluding hydrogens is 224 g/mol. The summed E-state index contributed by atoms with van der Waals surface area (Å²) < 4.78 is 1.84. The average Bonchev–Trinajstić information content (AvgIpc) is 2.66. The van der Waals surface area contributed by atoms with Crippen molar-refractivity contribution < 1.29 is 5.11 Å². The first kappa shape index (κ1) is 10.8. The molecule has 0 bridgehead atoms. The maximum absolute atomic E-state index is 9.63. The van der Waals surface area contributed by atoms with Gasteiger partial charge >= 0.3 is 0 Å². The maximum Gasteiger partial charge on any atom is 0.116 e. The van der Waals surface area contributed by atoms with Crippen LogP contribution in [0.15, 0.2) is 42.5 Å². The van der Waals surface area contributed by atoms with Crippen molar-refractivity contribution in [1.29, 1.82) is 0 Å². The fourth-order valence-electron chi connectivity index (χ4n) is 2.26. The molecule has 3 rings (SSSR count). The first-order valence-corrected chi connectivity index (χ1v) is 5.88. The third kappa shape index (κ3) is 1.64. The van der Waals surface area contributed by atoms with Crippen LogP contribution in [0, 0.1) is 6.92 Å². The predicted molar refractivity (Wildman–Crippen MR) is 72.6 cm³/mol. The molecule has 2 aromatic carbocycles. The number of phenols is 1. The van der Waals surface area contributed by atoms with Gasteiger partial charge in [0.05, 0.1) is 5.52 Å². The fraction of sp³-hybridized carbons (Fsp3) is 0.133. The predicted octanol–water partition coefficient (Wildman–Crippen LogP) is 3.25. The summed E-state index contributed by atoms with van der Waals surface area (Å²) in [5.74, 6) is 0.268. The second-order valence-electron chi connectivity index (χ2n) is 4.54. The summed E-state index contributed by atoms with van der Waals surface area (Å²) in [6.45, 7) is 2.06. The van der Waals surface area contributed by atoms with Crippen LogP contribution in [0.25, 0.3) is 22.2 Å². The summed E-state index contributed by atoms with van der Waals surface area (Å²) in [6, 6.07) is 13.6. The molecule has 0 saturated carbocycles. The number of hydrogen-bond donors (Lipinski definition) is 1. The van der Waals surface area contributed by atoms with Gasteiger partial charge < -0.3 is 5.11 Å². The lowest BCUT2D eigenvalue weighted by Gasteiger charge is -1.99. The standard InChI is InChI=1S/C15H14N2O/c1-10-4-3-5-11(8-10)15-13-9-12(18)6-7-14(13)17(2)16-15/h3-9,18H,1-2H3. The van der Waals surface area contributed by atoms with Crippen LogP contribution >= 0.6 is 0 Å². The molecule has 0 radical (unpaired) electrons. The summed E-state index contributed by atoms with van der Waals surface area (Å²) >= 11 is 0. The van der Waals surface area contributed by atoms with Crippen molar-refractivity contribution in [3.8, 4) is 17.0 Å². The largest absolute Gasteiger partial charge is 0.508 e. The first-order chi connectivity index (χ1) is 8.65. The van der Waals surface area contributed by atoms with Gasteiger partial charge in [-0.05, 0) is 31.2 Å². The van der Waals surface area contributed by atoms with Gasteiger partial charge in [-0.2, -0.15) is 5.10 Å². The molecule has 0 spiro atoms. The zero-order chi connectivity index (χ0) is 12.7. The Kier molecular flexibility index (Phi) is 2.33. The molecule has 1 heterocycles. The minimum atomic E-state index is 0.268. The van der Waals surface area contributed by atoms with Crippen molar-refractivity contribution in [2.75, 3.05) is 0 Å². The molecule has 0 saturated heterocycles. The molecule has 3 aromatic rings. The lowest BCUT2D eigenvalue weighted by Crippen LogP contribution is -1.89. The highest BCUT2D eigenvalue weighted by atomic mass is 16.3. The summed E-state index contributed by atoms with van der Waals surface area (Å²) in [6.07, 6.45) is 0. The number of fused-ring (bicyclic) bond motifs is 1. The van der Waals surface area contributed by atoms with E-state index in [9.17, 15) is 5.11 Å². The zero-order valence-electron chi connectivity index (χ0n) is 10.4. The van der Waals surface area contributed by atoms with Crippen molar-refractivity contribution in [2.45, 2.75) is 6.92 Å². The molecule has 0 fully saturated rings. The Morgan fingerprint density at radius 1 is 1.11 bits per heavy atom. The van der Waals surface area contributed by atoms with Gasteiger partial charge in [0, 0.05) is 18.0 Å². The van der Waals surface area contributed by atoms with Gasteiger partial charge in [-0.1, -0.05) is 23.8 Å². The van der Waals surface area contributed by atoms with Crippen LogP contribution in [0.2, 0.25) is 0 Å². The van der Waals surface area contributed by atoms with E-state index < -0.39 is 0 Å². The van der Waals surface area contributed by atoms with Gasteiger partial charge in [0.25, 0.3) is 0 Å². The molecule has 90 valence electrons. The number of aromatic nitrogens is 2. The van der Waals surface area contributed by atoms with Crippen molar-refractivity contribution in [3.63, 3.8) is 0 Å². The highest BCUT2D eigenvalue weighted by Gasteiger charge is 2.11. The van der Waals surface area contributed by atoms with E-state index in [0.717, 1.165) is 22.2 Å². The van der Waals surface area contributed by atoms with Crippen molar-refractivity contribution >= 4 is 10.9 Å². The minimum absolute atomic E-state index is 0.268. The third-order valence-electron chi connectivity index (χ3n) is 3.13. The van der Waals surface area contributed by atoms with E-state index in [1.54, 1.807) is 12.1 Å². The second kappa shape index (κ2) is 3.88. The number of hydrogen-bond acceptors (Lipinski definition) is 2. The van der Waals surface area contributed by atoms with Crippen LogP contribution in [0.3, 0.4) is 0 Å². The molecule has 0 amide bonds. The Bertz CT molecular complexity index is 728. The molecule has 0 aliphatic heterocycles. The minimum Gasteiger partial charge on any atom is -0.508 e. The number of aromatic hydroxyl groups is 1. The molecule has 0 atom stereocenters. The molecule has 0 aliphatic rings. The highest BCUT2D eigenvalue weighted by molar-refractivity contribution is 5.94. The Hall–Kier alpha value is -2.29. The lowest BCUT2D eigenvalue weighted by molar-refractivity contribution is 0.476. The van der Waals surface area contributed by atoms with E-state index >= 15 is 0 Å². The topological polar surface area (TPSA) is 38.0 Å². The SMILES string of the molecule is Cc1cccc(-c2nn(C)c3ccc(O)cc23)c1. The summed E-state index contributed by atoms with van der Waals surface area (Å²) in [5, 5.41) is 15.2. The van der Waals surface area contributed by atoms with Crippen LogP contribution in [-0.2, 0) is 7.05 Å². The van der Waals surface area contributed by atoms with E-state index in [-0.39, 0.29) is 5.75 Å². The van der Waals surface area contributed by atoms with E-state index in [2.05, 4.69) is 24.2 Å². The van der Waals surface area contributed by atoms with Gasteiger partial charge in [-0.15, -0.1) is 0 Å². The molecule has 18 heavy (non-hydrogen) atoms. The highest BCUT2D eigenvalue weighted by Crippen LogP contribution is 2.30. The number of phenolic OH excluding ortho intramolecular Hbond substituents is 1. The smallest absolute Gasteiger partial charge is 0.116 e. The normalized spacial score (nSPS) is 11.0. The van der Waals surface area contributed by atoms with Crippen molar-refractivity contribution in [2.24, 2.45) is 7.05 Å². The van der Waals surface area contributed by atoms with Crippen LogP contribution in [-0.4, -0.2) is 14.9 Å². The summed E-state index contributed by atoms with van der Waals surface area (Å²) in [5.41, 5.74) is 4.20. The maximum atomic E-state index is 9.63. The zero-order valence-corrected chi connectivity index (χ0v) is 10.4. The van der Waals surface area contributed by atoms with Crippen molar-refractivity contribution in [3.05, 3.63) is 48.0 Å². The van der Waals surface area contributed by atoms with Gasteiger partial charge in [-0.3, -0.25) is 4.68 Å². The summed E-state index contributed by atoms with van der Waals surface area (Å²) in [4.78, 5) is 0. The van der Waals surface area contributed by atoms with E-state index in [1.165, 1.54) is 5.56 Å². The van der Waals surface area contributed by atoms with Crippen LogP contribution in [0.4, 0.5) is 0 Å². The molecular formula is C15H14N2O. The fourth-order valence-corrected chi connectivity index (χ4v) is 2.26. The Labute approximate surface area is 105 Å². The van der Waals surface area contributed by atoms with E-state index in [0.29, 0.717) is 0 Å². The number of benzene rings is 2. The molecule has 0 aliphatic carbocycles. The molecule has 3 heteroatoms. The van der Waals surface area contributed by atoms with Crippen LogP contribution < -0.4 is 0 Å². The van der Waals surface area contributed by atoms with Gasteiger partial charge in [0.2, 0.25) is 0 Å². The first-order valence-electron chi connectivity index (χ1n) is 5.88. The third-order valence-corrected chi connectivity index (χ3v) is 3.13. The Morgan fingerprint density at radius 2 is 1.94 bits per heavy atom. The van der Waals surface area contributed by atoms with Gasteiger partial charge in [0.15, 0.2) is 0 Å². The molecule has 1 aromatic heterocycles. The lowest BCUT2D eigenvalue weighted by atomic mass is 10.1. The Balaban J connectivity index is 2.32. The summed E-state index contributed by atoms with van der Waals surface area (Å²) in [7, 11) is 1.92. The average molecular weight is 238 g/mol. The van der Waals surface area contributed by atoms with Crippen LogP contribution in [0.5, 0.6) is 5.75 Å².